The van der Waals surface area contributed by atoms with Crippen molar-refractivity contribution in [2.24, 2.45) is 0 Å². The number of halogens is 3. The first kappa shape index (κ1) is 7.03. The Morgan fingerprint density at radius 1 is 1.67 bits per heavy atom. The fraction of sp³-hybridized carbons (Fsp3) is 0. The van der Waals surface area contributed by atoms with Crippen molar-refractivity contribution in [3.05, 3.63) is 33.5 Å². The van der Waals surface area contributed by atoms with E-state index >= 15 is 0 Å². The first-order valence-corrected chi connectivity index (χ1v) is 3.39. The zero-order chi connectivity index (χ0) is 6.85. The number of rotatable bonds is 0. The maximum atomic E-state index is 12.2. The molecule has 1 radical (unpaired) electrons. The Bertz CT molecular complexity index is 224. The van der Waals surface area contributed by atoms with Gasteiger partial charge in [0, 0.05) is 10.5 Å². The molecule has 1 rings (SSSR count). The molecule has 3 heteroatoms. The average molecular weight is 208 g/mol. The van der Waals surface area contributed by atoms with E-state index in [0.717, 1.165) is 0 Å². The minimum Gasteiger partial charge on any atom is -0.207 e. The van der Waals surface area contributed by atoms with Crippen molar-refractivity contribution in [3.8, 4) is 0 Å². The van der Waals surface area contributed by atoms with Crippen LogP contribution < -0.4 is 0 Å². The van der Waals surface area contributed by atoms with Gasteiger partial charge >= 0.3 is 0 Å². The third kappa shape index (κ3) is 1.66. The summed E-state index contributed by atoms with van der Waals surface area (Å²) in [5.74, 6) is -0.341. The van der Waals surface area contributed by atoms with E-state index < -0.39 is 0 Å². The monoisotopic (exact) mass is 207 g/mol. The summed E-state index contributed by atoms with van der Waals surface area (Å²) in [4.78, 5) is 0. The highest BCUT2D eigenvalue weighted by molar-refractivity contribution is 9.10. The van der Waals surface area contributed by atoms with Gasteiger partial charge in [-0.05, 0) is 28.1 Å². The zero-order valence-electron chi connectivity index (χ0n) is 4.29. The van der Waals surface area contributed by atoms with E-state index in [1.165, 1.54) is 12.1 Å². The number of benzene rings is 1. The Labute approximate surface area is 65.8 Å². The lowest BCUT2D eigenvalue weighted by Crippen LogP contribution is -1.73. The van der Waals surface area contributed by atoms with Gasteiger partial charge in [-0.1, -0.05) is 11.6 Å². The van der Waals surface area contributed by atoms with Crippen molar-refractivity contribution in [3.63, 3.8) is 0 Å². The van der Waals surface area contributed by atoms with Crippen molar-refractivity contribution in [1.29, 1.82) is 0 Å². The van der Waals surface area contributed by atoms with Crippen LogP contribution in [-0.4, -0.2) is 0 Å². The molecule has 1 aromatic rings. The molecule has 0 aliphatic heterocycles. The third-order valence-corrected chi connectivity index (χ3v) is 1.98. The second-order valence-electron chi connectivity index (χ2n) is 1.48. The Kier molecular flexibility index (Phi) is 2.09. The zero-order valence-corrected chi connectivity index (χ0v) is 6.63. The third-order valence-electron chi connectivity index (χ3n) is 0.811. The summed E-state index contributed by atoms with van der Waals surface area (Å²) < 4.78 is 12.8. The van der Waals surface area contributed by atoms with Gasteiger partial charge in [-0.25, -0.2) is 4.39 Å². The number of hydrogen-bond donors (Lipinski definition) is 0. The van der Waals surface area contributed by atoms with Gasteiger partial charge in [0.2, 0.25) is 0 Å². The molecule has 47 valence electrons. The van der Waals surface area contributed by atoms with Crippen LogP contribution in [0.5, 0.6) is 0 Å². The molecule has 0 aromatic heterocycles. The first-order valence-electron chi connectivity index (χ1n) is 2.22. The molecule has 0 bridgehead atoms. The highest BCUT2D eigenvalue weighted by Gasteiger charge is 1.96. The van der Waals surface area contributed by atoms with Gasteiger partial charge < -0.3 is 0 Å². The minimum atomic E-state index is -0.341. The van der Waals surface area contributed by atoms with Crippen molar-refractivity contribution in [2.75, 3.05) is 0 Å². The first-order chi connectivity index (χ1) is 4.20. The van der Waals surface area contributed by atoms with E-state index in [9.17, 15) is 4.39 Å². The van der Waals surface area contributed by atoms with Gasteiger partial charge in [0.1, 0.15) is 5.82 Å². The van der Waals surface area contributed by atoms with Crippen LogP contribution in [0.25, 0.3) is 0 Å². The van der Waals surface area contributed by atoms with Crippen LogP contribution in [0.4, 0.5) is 4.39 Å². The molecule has 0 saturated heterocycles. The normalized spacial score (nSPS) is 9.67. The fourth-order valence-electron chi connectivity index (χ4n) is 0.427. The standard InChI is InChI=1S/C6H2BrClF/c7-5-3-4(9)1-2-6(5)8/h1,3H. The van der Waals surface area contributed by atoms with Gasteiger partial charge in [-0.15, -0.1) is 0 Å². The molecule has 0 nitrogen and oxygen atoms in total. The summed E-state index contributed by atoms with van der Waals surface area (Å²) >= 11 is 8.55. The van der Waals surface area contributed by atoms with Gasteiger partial charge in [0.25, 0.3) is 0 Å². The van der Waals surface area contributed by atoms with Crippen LogP contribution in [0, 0.1) is 11.9 Å². The van der Waals surface area contributed by atoms with Gasteiger partial charge in [0.05, 0.1) is 5.02 Å². The summed E-state index contributed by atoms with van der Waals surface area (Å²) in [6, 6.07) is 4.99. The molecule has 0 aliphatic rings. The van der Waals surface area contributed by atoms with Crippen LogP contribution in [0.15, 0.2) is 16.6 Å². The highest BCUT2D eigenvalue weighted by atomic mass is 79.9. The quantitative estimate of drug-likeness (QED) is 0.575. The van der Waals surface area contributed by atoms with Gasteiger partial charge in [0.15, 0.2) is 0 Å². The Hall–Kier alpha value is -0.0800. The second kappa shape index (κ2) is 2.67. The van der Waals surface area contributed by atoms with Gasteiger partial charge in [-0.2, -0.15) is 0 Å². The number of hydrogen-bond acceptors (Lipinski definition) is 0. The lowest BCUT2D eigenvalue weighted by molar-refractivity contribution is 0.626. The van der Waals surface area contributed by atoms with Crippen LogP contribution in [0.1, 0.15) is 0 Å². The topological polar surface area (TPSA) is 0 Å². The molecule has 0 atom stereocenters. The van der Waals surface area contributed by atoms with Crippen molar-refractivity contribution < 1.29 is 4.39 Å². The molecular weight excluding hydrogens is 206 g/mol. The Morgan fingerprint density at radius 3 is 2.78 bits per heavy atom. The van der Waals surface area contributed by atoms with Gasteiger partial charge in [-0.3, -0.25) is 0 Å². The molecule has 0 spiro atoms. The van der Waals surface area contributed by atoms with Crippen LogP contribution in [0.2, 0.25) is 5.02 Å². The summed E-state index contributed by atoms with van der Waals surface area (Å²) in [5, 5.41) is 0.399. The van der Waals surface area contributed by atoms with Crippen LogP contribution in [0.3, 0.4) is 0 Å². The minimum absolute atomic E-state index is 0.341. The molecule has 0 aliphatic carbocycles. The molecule has 0 fully saturated rings. The lowest BCUT2D eigenvalue weighted by atomic mass is 10.3. The van der Waals surface area contributed by atoms with E-state index in [1.807, 2.05) is 0 Å². The average Bonchev–Trinajstić information content (AvgIpc) is 1.80. The van der Waals surface area contributed by atoms with E-state index in [4.69, 9.17) is 11.6 Å². The van der Waals surface area contributed by atoms with Crippen LogP contribution >= 0.6 is 27.5 Å². The lowest BCUT2D eigenvalue weighted by Gasteiger charge is -1.91. The summed E-state index contributed by atoms with van der Waals surface area (Å²) in [5.41, 5.74) is 0. The van der Waals surface area contributed by atoms with Crippen molar-refractivity contribution in [1.82, 2.24) is 0 Å². The van der Waals surface area contributed by atoms with E-state index in [-0.39, 0.29) is 5.82 Å². The van der Waals surface area contributed by atoms with E-state index in [0.29, 0.717) is 9.50 Å². The Morgan fingerprint density at radius 2 is 2.33 bits per heavy atom. The SMILES string of the molecule is Fc1c[c]c(Cl)c(Br)c1. The molecule has 1 aromatic carbocycles. The van der Waals surface area contributed by atoms with Crippen LogP contribution in [-0.2, 0) is 0 Å². The predicted octanol–water partition coefficient (Wildman–Crippen LogP) is 3.04. The summed E-state index contributed by atoms with van der Waals surface area (Å²) in [6.07, 6.45) is 0. The molecule has 0 N–H and O–H groups in total. The summed E-state index contributed by atoms with van der Waals surface area (Å²) in [6.45, 7) is 0. The highest BCUT2D eigenvalue weighted by Crippen LogP contribution is 2.21. The molecule has 0 saturated carbocycles. The maximum absolute atomic E-state index is 12.2. The van der Waals surface area contributed by atoms with Crippen molar-refractivity contribution >= 4 is 27.5 Å². The molecule has 9 heavy (non-hydrogen) atoms. The molecule has 0 unspecified atom stereocenters. The predicted molar refractivity (Wildman–Crippen MR) is 37.9 cm³/mol. The van der Waals surface area contributed by atoms with Crippen molar-refractivity contribution in [2.45, 2.75) is 0 Å². The second-order valence-corrected chi connectivity index (χ2v) is 2.71. The van der Waals surface area contributed by atoms with E-state index in [2.05, 4.69) is 22.0 Å². The fourth-order valence-corrected chi connectivity index (χ4v) is 0.870. The largest absolute Gasteiger partial charge is 0.207 e. The smallest absolute Gasteiger partial charge is 0.125 e. The van der Waals surface area contributed by atoms with E-state index in [1.54, 1.807) is 0 Å². The molecule has 0 amide bonds. The summed E-state index contributed by atoms with van der Waals surface area (Å²) in [7, 11) is 0. The molecule has 0 heterocycles. The Balaban J connectivity index is 3.17. The molecular formula is C6H2BrClF. The maximum Gasteiger partial charge on any atom is 0.125 e.